The molecular formula is C24H21ClF3N9O3. The molecule has 40 heavy (non-hydrogen) atoms. The van der Waals surface area contributed by atoms with Crippen molar-refractivity contribution < 1.29 is 22.6 Å². The van der Waals surface area contributed by atoms with Crippen molar-refractivity contribution in [2.24, 2.45) is 14.1 Å². The fourth-order valence-corrected chi connectivity index (χ4v) is 4.73. The highest BCUT2D eigenvalue weighted by atomic mass is 35.5. The van der Waals surface area contributed by atoms with Gasteiger partial charge >= 0.3 is 6.18 Å². The Morgan fingerprint density at radius 3 is 2.75 bits per heavy atom. The predicted octanol–water partition coefficient (Wildman–Crippen LogP) is 4.12. The summed E-state index contributed by atoms with van der Waals surface area (Å²) in [5, 5.41) is 10.5. The molecule has 1 atom stereocenters. The number of hydrogen-bond acceptors (Lipinski definition) is 9. The zero-order valence-electron chi connectivity index (χ0n) is 21.0. The molecule has 0 bridgehead atoms. The van der Waals surface area contributed by atoms with E-state index in [0.29, 0.717) is 35.8 Å². The van der Waals surface area contributed by atoms with Gasteiger partial charge in [-0.1, -0.05) is 11.6 Å². The third-order valence-corrected chi connectivity index (χ3v) is 6.82. The minimum atomic E-state index is -4.64. The molecule has 0 spiro atoms. The molecule has 6 heterocycles. The topological polar surface area (TPSA) is 125 Å². The van der Waals surface area contributed by atoms with E-state index in [9.17, 15) is 18.0 Å². The maximum absolute atomic E-state index is 13.3. The number of imidazole rings is 1. The van der Waals surface area contributed by atoms with Crippen LogP contribution in [0.2, 0.25) is 5.02 Å². The Morgan fingerprint density at radius 1 is 1.18 bits per heavy atom. The van der Waals surface area contributed by atoms with E-state index in [1.54, 1.807) is 24.0 Å². The molecule has 0 aliphatic carbocycles. The Hall–Kier alpha value is -4.37. The first-order chi connectivity index (χ1) is 19.1. The number of hydrogen-bond donors (Lipinski definition) is 2. The average molecular weight is 576 g/mol. The maximum Gasteiger partial charge on any atom is 0.417 e. The van der Waals surface area contributed by atoms with Gasteiger partial charge in [0.05, 0.1) is 30.6 Å². The normalized spacial score (nSPS) is 15.7. The lowest BCUT2D eigenvalue weighted by Gasteiger charge is -2.13. The van der Waals surface area contributed by atoms with E-state index >= 15 is 0 Å². The minimum Gasteiger partial charge on any atom is -0.450 e. The van der Waals surface area contributed by atoms with Crippen molar-refractivity contribution in [3.63, 3.8) is 0 Å². The summed E-state index contributed by atoms with van der Waals surface area (Å²) in [6.07, 6.45) is 3.12. The smallest absolute Gasteiger partial charge is 0.417 e. The van der Waals surface area contributed by atoms with Crippen molar-refractivity contribution in [1.29, 1.82) is 0 Å². The summed E-state index contributed by atoms with van der Waals surface area (Å²) in [5.41, 5.74) is -0.857. The molecule has 6 rings (SSSR count). The van der Waals surface area contributed by atoms with Crippen LogP contribution in [-0.4, -0.2) is 53.0 Å². The Morgan fingerprint density at radius 2 is 2.00 bits per heavy atom. The molecule has 0 amide bonds. The number of nitrogens with zero attached hydrogens (tertiary/aromatic N) is 7. The molecule has 1 fully saturated rings. The van der Waals surface area contributed by atoms with Crippen molar-refractivity contribution in [2.45, 2.75) is 18.6 Å². The van der Waals surface area contributed by atoms with E-state index in [-0.39, 0.29) is 34.1 Å². The largest absolute Gasteiger partial charge is 0.450 e. The highest BCUT2D eigenvalue weighted by molar-refractivity contribution is 6.36. The van der Waals surface area contributed by atoms with Crippen LogP contribution in [0, 0.1) is 0 Å². The first-order valence-electron chi connectivity index (χ1n) is 12.0. The maximum atomic E-state index is 13.3. The van der Waals surface area contributed by atoms with Crippen LogP contribution in [0.4, 0.5) is 30.6 Å². The van der Waals surface area contributed by atoms with E-state index < -0.39 is 17.3 Å². The van der Waals surface area contributed by atoms with Gasteiger partial charge in [0, 0.05) is 39.3 Å². The lowest BCUT2D eigenvalue weighted by Crippen LogP contribution is -2.23. The van der Waals surface area contributed by atoms with Gasteiger partial charge in [0.1, 0.15) is 16.2 Å². The summed E-state index contributed by atoms with van der Waals surface area (Å²) < 4.78 is 55.4. The van der Waals surface area contributed by atoms with Crippen LogP contribution < -0.4 is 20.9 Å². The molecule has 1 aliphatic rings. The summed E-state index contributed by atoms with van der Waals surface area (Å²) in [6, 6.07) is 0.824. The molecular weight excluding hydrogens is 555 g/mol. The van der Waals surface area contributed by atoms with Gasteiger partial charge in [0.25, 0.3) is 5.56 Å². The molecule has 0 unspecified atom stereocenters. The fraction of sp³-hybridized carbons (Fsp3) is 0.292. The Kier molecular flexibility index (Phi) is 6.26. The fourth-order valence-electron chi connectivity index (χ4n) is 4.43. The number of aromatic nitrogens is 7. The highest BCUT2D eigenvalue weighted by Crippen LogP contribution is 2.38. The summed E-state index contributed by atoms with van der Waals surface area (Å²) in [7, 11) is 2.82. The summed E-state index contributed by atoms with van der Waals surface area (Å²) >= 11 is 6.71. The Labute approximate surface area is 228 Å². The molecule has 0 aromatic carbocycles. The van der Waals surface area contributed by atoms with Gasteiger partial charge in [-0.2, -0.15) is 23.3 Å². The van der Waals surface area contributed by atoms with Crippen LogP contribution in [0.3, 0.4) is 0 Å². The number of rotatable bonds is 6. The summed E-state index contributed by atoms with van der Waals surface area (Å²) in [5.74, 6) is 1.17. The van der Waals surface area contributed by atoms with Crippen molar-refractivity contribution in [3.05, 3.63) is 58.0 Å². The van der Waals surface area contributed by atoms with Crippen LogP contribution in [0.25, 0.3) is 16.7 Å². The summed E-state index contributed by atoms with van der Waals surface area (Å²) in [6.45, 7) is 1.22. The van der Waals surface area contributed by atoms with Crippen LogP contribution in [0.15, 0.2) is 41.8 Å². The first-order valence-corrected chi connectivity index (χ1v) is 12.4. The van der Waals surface area contributed by atoms with Crippen molar-refractivity contribution in [3.8, 4) is 11.5 Å². The highest BCUT2D eigenvalue weighted by Gasteiger charge is 2.32. The Balaban J connectivity index is 1.35. The van der Waals surface area contributed by atoms with Gasteiger partial charge in [-0.3, -0.25) is 4.79 Å². The monoisotopic (exact) mass is 575 g/mol. The standard InChI is InChI=1S/C24H21ClF3N9O3/c1-35-10-12(24(26,27)28)7-14(22(35)38)33-23-34-21-19(36(23)2)17(25)15(8-30-21)40-16-9-31-37-5-4-29-20(18(16)37)32-13-3-6-39-11-13/h4-5,7-10,13H,3,6,11H2,1-2H3,(H,29,32)(H,30,33,34)/t13-/m1/s1. The molecule has 1 aliphatic heterocycles. The second kappa shape index (κ2) is 9.67. The minimum absolute atomic E-state index is 0.0587. The lowest BCUT2D eigenvalue weighted by molar-refractivity contribution is -0.138. The van der Waals surface area contributed by atoms with Crippen LogP contribution in [0.1, 0.15) is 12.0 Å². The zero-order chi connectivity index (χ0) is 28.2. The molecule has 5 aromatic rings. The quantitative estimate of drug-likeness (QED) is 0.307. The zero-order valence-corrected chi connectivity index (χ0v) is 21.8. The molecule has 1 saturated heterocycles. The van der Waals surface area contributed by atoms with Crippen LogP contribution in [-0.2, 0) is 25.0 Å². The van der Waals surface area contributed by atoms with Gasteiger partial charge in [0.2, 0.25) is 5.95 Å². The molecule has 208 valence electrons. The third kappa shape index (κ3) is 4.56. The lowest BCUT2D eigenvalue weighted by atomic mass is 10.2. The van der Waals surface area contributed by atoms with Crippen LogP contribution in [0.5, 0.6) is 11.5 Å². The Bertz CT molecular complexity index is 1810. The van der Waals surface area contributed by atoms with Gasteiger partial charge in [-0.05, 0) is 12.5 Å². The molecule has 16 heteroatoms. The first kappa shape index (κ1) is 25.9. The van der Waals surface area contributed by atoms with Gasteiger partial charge in [-0.25, -0.2) is 14.5 Å². The van der Waals surface area contributed by atoms with Gasteiger partial charge in [-0.15, -0.1) is 0 Å². The summed E-state index contributed by atoms with van der Waals surface area (Å²) in [4.78, 5) is 25.6. The average Bonchev–Trinajstić information content (AvgIpc) is 3.64. The van der Waals surface area contributed by atoms with Crippen LogP contribution >= 0.6 is 11.6 Å². The number of aryl methyl sites for hydroxylation is 2. The number of alkyl halides is 3. The molecule has 0 saturated carbocycles. The van der Waals surface area contributed by atoms with Gasteiger partial charge in [0.15, 0.2) is 28.5 Å². The van der Waals surface area contributed by atoms with E-state index in [4.69, 9.17) is 21.1 Å². The van der Waals surface area contributed by atoms with Crippen molar-refractivity contribution in [2.75, 3.05) is 23.8 Å². The third-order valence-electron chi connectivity index (χ3n) is 6.45. The number of anilines is 3. The molecule has 5 aromatic heterocycles. The number of fused-ring (bicyclic) bond motifs is 2. The van der Waals surface area contributed by atoms with Crippen molar-refractivity contribution >= 4 is 45.7 Å². The number of halogens is 4. The molecule has 0 radical (unpaired) electrons. The number of ether oxygens (including phenoxy) is 2. The molecule has 12 nitrogen and oxygen atoms in total. The molecule has 2 N–H and O–H groups in total. The number of nitrogens with one attached hydrogen (secondary N) is 2. The second-order valence-corrected chi connectivity index (χ2v) is 9.55. The van der Waals surface area contributed by atoms with E-state index in [1.165, 1.54) is 24.0 Å². The van der Waals surface area contributed by atoms with E-state index in [0.717, 1.165) is 23.3 Å². The van der Waals surface area contributed by atoms with E-state index in [1.807, 2.05) is 0 Å². The van der Waals surface area contributed by atoms with Gasteiger partial charge < -0.3 is 29.2 Å². The van der Waals surface area contributed by atoms with E-state index in [2.05, 4.69) is 30.7 Å². The second-order valence-electron chi connectivity index (χ2n) is 9.17. The predicted molar refractivity (Wildman–Crippen MR) is 139 cm³/mol. The van der Waals surface area contributed by atoms with Crippen molar-refractivity contribution in [1.82, 2.24) is 33.7 Å². The SMILES string of the molecule is Cn1cc(C(F)(F)F)cc(Nc2nc3ncc(Oc4cnn5ccnc(N[C@@H]6CCOC6)c45)c(Cl)c3n2C)c1=O. The number of pyridine rings is 2.